The summed E-state index contributed by atoms with van der Waals surface area (Å²) in [6.45, 7) is 8.44. The lowest BCUT2D eigenvalue weighted by Gasteiger charge is -2.33. The Morgan fingerprint density at radius 3 is 2.15 bits per heavy atom. The Balaban J connectivity index is 2.08. The number of carbonyl (C=O) groups excluding carboxylic acids is 2. The number of anilines is 1. The summed E-state index contributed by atoms with van der Waals surface area (Å²) in [6, 6.07) is 15.7. The van der Waals surface area contributed by atoms with E-state index < -0.39 is 34.3 Å². The number of sulfonamides is 1. The van der Waals surface area contributed by atoms with Gasteiger partial charge in [0.25, 0.3) is 10.0 Å². The highest BCUT2D eigenvalue weighted by atomic mass is 35.5. The number of nitrogens with one attached hydrogen (secondary N) is 1. The fourth-order valence-corrected chi connectivity index (χ4v) is 5.77. The third-order valence-corrected chi connectivity index (χ3v) is 8.61. The Morgan fingerprint density at radius 2 is 1.60 bits per heavy atom. The van der Waals surface area contributed by atoms with E-state index in [1.807, 2.05) is 20.8 Å². The van der Waals surface area contributed by atoms with Gasteiger partial charge < -0.3 is 10.2 Å². The quantitative estimate of drug-likeness (QED) is 0.315. The standard InChI is InChI=1S/C30H35ClFN3O4S/c1-6-28(30(37)33-20(2)3)34(18-23-10-12-24(32)13-11-23)29(36)19-35(25-14-9-22(5)27(31)17-25)40(38,39)26-15-7-21(4)8-16-26/h7-17,20,28H,6,18-19H2,1-5H3,(H,33,37)/t28-/m1/s1. The predicted octanol–water partition coefficient (Wildman–Crippen LogP) is 5.62. The summed E-state index contributed by atoms with van der Waals surface area (Å²) < 4.78 is 42.4. The molecule has 2 amide bonds. The first-order valence-electron chi connectivity index (χ1n) is 13.0. The maximum Gasteiger partial charge on any atom is 0.264 e. The molecule has 0 radical (unpaired) electrons. The van der Waals surface area contributed by atoms with Crippen LogP contribution in [0.5, 0.6) is 0 Å². The molecule has 0 saturated heterocycles. The largest absolute Gasteiger partial charge is 0.352 e. The number of hydrogen-bond donors (Lipinski definition) is 1. The summed E-state index contributed by atoms with van der Waals surface area (Å²) in [4.78, 5) is 28.5. The van der Waals surface area contributed by atoms with E-state index in [0.29, 0.717) is 10.6 Å². The number of benzene rings is 3. The van der Waals surface area contributed by atoms with Gasteiger partial charge in [-0.2, -0.15) is 0 Å². The van der Waals surface area contributed by atoms with E-state index in [1.165, 1.54) is 47.4 Å². The summed E-state index contributed by atoms with van der Waals surface area (Å²) in [6.07, 6.45) is 0.284. The molecule has 214 valence electrons. The van der Waals surface area contributed by atoms with E-state index in [2.05, 4.69) is 5.32 Å². The van der Waals surface area contributed by atoms with Gasteiger partial charge in [0.1, 0.15) is 18.4 Å². The lowest BCUT2D eigenvalue weighted by Crippen LogP contribution is -2.53. The van der Waals surface area contributed by atoms with Gasteiger partial charge in [-0.05, 0) is 81.6 Å². The predicted molar refractivity (Wildman–Crippen MR) is 156 cm³/mol. The third kappa shape index (κ3) is 7.61. The van der Waals surface area contributed by atoms with Crippen LogP contribution in [0.25, 0.3) is 0 Å². The number of aryl methyl sites for hydroxylation is 2. The Kier molecular flexibility index (Phi) is 10.3. The molecule has 0 bridgehead atoms. The van der Waals surface area contributed by atoms with Gasteiger partial charge >= 0.3 is 0 Å². The fourth-order valence-electron chi connectivity index (χ4n) is 4.19. The molecule has 0 aliphatic heterocycles. The Hall–Kier alpha value is -3.43. The maximum atomic E-state index is 14.0. The number of rotatable bonds is 11. The molecule has 40 heavy (non-hydrogen) atoms. The molecule has 10 heteroatoms. The number of carbonyl (C=O) groups is 2. The average Bonchev–Trinajstić information content (AvgIpc) is 2.89. The van der Waals surface area contributed by atoms with E-state index in [-0.39, 0.29) is 35.5 Å². The molecule has 0 aliphatic rings. The summed E-state index contributed by atoms with van der Waals surface area (Å²) in [7, 11) is -4.20. The molecule has 0 unspecified atom stereocenters. The molecule has 1 atom stereocenters. The number of nitrogens with zero attached hydrogens (tertiary/aromatic N) is 2. The Bertz CT molecular complexity index is 1440. The molecule has 0 aliphatic carbocycles. The average molecular weight is 588 g/mol. The number of halogens is 2. The van der Waals surface area contributed by atoms with Gasteiger partial charge in [0.2, 0.25) is 11.8 Å². The van der Waals surface area contributed by atoms with E-state index in [0.717, 1.165) is 15.4 Å². The molecule has 7 nitrogen and oxygen atoms in total. The maximum absolute atomic E-state index is 14.0. The van der Waals surface area contributed by atoms with Crippen LogP contribution >= 0.6 is 11.6 Å². The van der Waals surface area contributed by atoms with Crippen LogP contribution in [0.15, 0.2) is 71.6 Å². The summed E-state index contributed by atoms with van der Waals surface area (Å²) in [5.74, 6) is -1.39. The van der Waals surface area contributed by atoms with Crippen LogP contribution < -0.4 is 9.62 Å². The first-order valence-corrected chi connectivity index (χ1v) is 14.8. The van der Waals surface area contributed by atoms with Gasteiger partial charge in [-0.3, -0.25) is 13.9 Å². The van der Waals surface area contributed by atoms with Gasteiger partial charge in [-0.1, -0.05) is 54.4 Å². The van der Waals surface area contributed by atoms with Crippen molar-refractivity contribution in [3.8, 4) is 0 Å². The van der Waals surface area contributed by atoms with Gasteiger partial charge in [0, 0.05) is 17.6 Å². The van der Waals surface area contributed by atoms with Gasteiger partial charge in [0.05, 0.1) is 10.6 Å². The smallest absolute Gasteiger partial charge is 0.264 e. The van der Waals surface area contributed by atoms with Crippen molar-refractivity contribution in [1.29, 1.82) is 0 Å². The van der Waals surface area contributed by atoms with Crippen molar-refractivity contribution in [2.24, 2.45) is 0 Å². The van der Waals surface area contributed by atoms with Gasteiger partial charge in [-0.25, -0.2) is 12.8 Å². The summed E-state index contributed by atoms with van der Waals surface area (Å²) in [5.41, 5.74) is 2.44. The van der Waals surface area contributed by atoms with Gasteiger partial charge in [-0.15, -0.1) is 0 Å². The molecule has 0 saturated carbocycles. The van der Waals surface area contributed by atoms with E-state index in [4.69, 9.17) is 11.6 Å². The topological polar surface area (TPSA) is 86.8 Å². The fraction of sp³-hybridized carbons (Fsp3) is 0.333. The first kappa shape index (κ1) is 31.1. The monoisotopic (exact) mass is 587 g/mol. The van der Waals surface area contributed by atoms with Crippen molar-refractivity contribution in [2.75, 3.05) is 10.8 Å². The normalized spacial score (nSPS) is 12.2. The van der Waals surface area contributed by atoms with Crippen LogP contribution in [0.2, 0.25) is 5.02 Å². The highest BCUT2D eigenvalue weighted by molar-refractivity contribution is 7.92. The SMILES string of the molecule is CC[C@H](C(=O)NC(C)C)N(Cc1ccc(F)cc1)C(=O)CN(c1ccc(C)c(Cl)c1)S(=O)(=O)c1ccc(C)cc1. The highest BCUT2D eigenvalue weighted by Gasteiger charge is 2.34. The van der Waals surface area contributed by atoms with E-state index in [1.54, 1.807) is 38.1 Å². The molecule has 0 spiro atoms. The molecule has 3 aromatic carbocycles. The van der Waals surface area contributed by atoms with Crippen LogP contribution in [-0.2, 0) is 26.2 Å². The van der Waals surface area contributed by atoms with Crippen LogP contribution in [0.3, 0.4) is 0 Å². The van der Waals surface area contributed by atoms with Crippen LogP contribution in [-0.4, -0.2) is 43.8 Å². The summed E-state index contributed by atoms with van der Waals surface area (Å²) in [5, 5.41) is 3.19. The Morgan fingerprint density at radius 1 is 0.975 bits per heavy atom. The van der Waals surface area contributed by atoms with Crippen molar-refractivity contribution in [3.63, 3.8) is 0 Å². The molecule has 0 heterocycles. The van der Waals surface area contributed by atoms with Crippen LogP contribution in [0.4, 0.5) is 10.1 Å². The molecule has 0 aromatic heterocycles. The minimum Gasteiger partial charge on any atom is -0.352 e. The van der Waals surface area contributed by atoms with Crippen LogP contribution in [0, 0.1) is 19.7 Å². The molecule has 1 N–H and O–H groups in total. The lowest BCUT2D eigenvalue weighted by atomic mass is 10.1. The zero-order valence-corrected chi connectivity index (χ0v) is 24.9. The number of hydrogen-bond acceptors (Lipinski definition) is 4. The Labute approximate surface area is 241 Å². The van der Waals surface area contributed by atoms with Crippen LogP contribution in [0.1, 0.15) is 43.9 Å². The molecule has 0 fully saturated rings. The van der Waals surface area contributed by atoms with Crippen molar-refractivity contribution in [3.05, 3.63) is 94.3 Å². The minimum atomic E-state index is -4.20. The van der Waals surface area contributed by atoms with Gasteiger partial charge in [0.15, 0.2) is 0 Å². The summed E-state index contributed by atoms with van der Waals surface area (Å²) >= 11 is 6.36. The minimum absolute atomic E-state index is 0.0114. The van der Waals surface area contributed by atoms with Crippen molar-refractivity contribution < 1.29 is 22.4 Å². The molecule has 3 aromatic rings. The third-order valence-electron chi connectivity index (χ3n) is 6.41. The molecule has 3 rings (SSSR count). The second-order valence-electron chi connectivity index (χ2n) is 9.99. The van der Waals surface area contributed by atoms with Crippen molar-refractivity contribution in [1.82, 2.24) is 10.2 Å². The van der Waals surface area contributed by atoms with Crippen molar-refractivity contribution >= 4 is 39.1 Å². The second kappa shape index (κ2) is 13.3. The van der Waals surface area contributed by atoms with Crippen molar-refractivity contribution in [2.45, 2.75) is 64.6 Å². The van der Waals surface area contributed by atoms with E-state index in [9.17, 15) is 22.4 Å². The first-order chi connectivity index (χ1) is 18.8. The zero-order valence-electron chi connectivity index (χ0n) is 23.3. The zero-order chi connectivity index (χ0) is 29.6. The van der Waals surface area contributed by atoms with E-state index >= 15 is 0 Å². The second-order valence-corrected chi connectivity index (χ2v) is 12.3. The lowest BCUT2D eigenvalue weighted by molar-refractivity contribution is -0.140. The molecular weight excluding hydrogens is 553 g/mol. The molecular formula is C30H35ClFN3O4S. The highest BCUT2D eigenvalue weighted by Crippen LogP contribution is 2.29. The number of amides is 2.